The van der Waals surface area contributed by atoms with Crippen LogP contribution >= 0.6 is 0 Å². The van der Waals surface area contributed by atoms with Crippen LogP contribution in [-0.4, -0.2) is 43.1 Å². The van der Waals surface area contributed by atoms with Crippen LogP contribution in [0.1, 0.15) is 40.0 Å². The second kappa shape index (κ2) is 5.24. The molecule has 6 heteroatoms. The summed E-state index contributed by atoms with van der Waals surface area (Å²) in [5.41, 5.74) is -1.15. The molecule has 0 bridgehead atoms. The van der Waals surface area contributed by atoms with Gasteiger partial charge in [0.15, 0.2) is 0 Å². The van der Waals surface area contributed by atoms with E-state index in [-0.39, 0.29) is 24.6 Å². The Bertz CT molecular complexity index is 408. The van der Waals surface area contributed by atoms with Gasteiger partial charge in [-0.2, -0.15) is 0 Å². The van der Waals surface area contributed by atoms with E-state index in [0.29, 0.717) is 6.42 Å². The molecule has 0 N–H and O–H groups in total. The van der Waals surface area contributed by atoms with E-state index < -0.39 is 17.4 Å². The monoisotopic (exact) mass is 286 g/mol. The molecular weight excluding hydrogens is 264 g/mol. The van der Waals surface area contributed by atoms with Crippen molar-refractivity contribution in [1.29, 1.82) is 0 Å². The standard InChI is InChI=1S/C14H22O6/c1-9(15)19-11-7-10(5-6-13(11,2)17-4)14(3)8-18-12(16)20-14/h10-11H,5-8H2,1-4H3/t10?,11-,13-,14?/m0/s1. The van der Waals surface area contributed by atoms with Gasteiger partial charge in [-0.3, -0.25) is 4.79 Å². The maximum absolute atomic E-state index is 11.3. The average Bonchev–Trinajstić information content (AvgIpc) is 2.72. The quantitative estimate of drug-likeness (QED) is 0.739. The van der Waals surface area contributed by atoms with Gasteiger partial charge in [0.2, 0.25) is 0 Å². The molecule has 0 aromatic carbocycles. The SMILES string of the molecule is CO[C@@]1(C)CCC(C2(C)COC(=O)O2)C[C@@H]1OC(C)=O. The summed E-state index contributed by atoms with van der Waals surface area (Å²) < 4.78 is 21.2. The van der Waals surface area contributed by atoms with E-state index in [1.54, 1.807) is 7.11 Å². The van der Waals surface area contributed by atoms with E-state index in [1.807, 2.05) is 13.8 Å². The maximum atomic E-state index is 11.3. The van der Waals surface area contributed by atoms with Gasteiger partial charge in [0.1, 0.15) is 23.9 Å². The van der Waals surface area contributed by atoms with E-state index in [2.05, 4.69) is 0 Å². The fourth-order valence-electron chi connectivity index (χ4n) is 3.06. The number of methoxy groups -OCH3 is 1. The Balaban J connectivity index is 2.12. The molecule has 114 valence electrons. The summed E-state index contributed by atoms with van der Waals surface area (Å²) >= 11 is 0. The van der Waals surface area contributed by atoms with Crippen molar-refractivity contribution in [2.24, 2.45) is 5.92 Å². The molecule has 2 unspecified atom stereocenters. The molecule has 20 heavy (non-hydrogen) atoms. The minimum atomic E-state index is -0.648. The van der Waals surface area contributed by atoms with Gasteiger partial charge < -0.3 is 18.9 Å². The molecule has 2 aliphatic rings. The summed E-state index contributed by atoms with van der Waals surface area (Å²) in [6.07, 6.45) is 1.18. The second-order valence-corrected chi connectivity index (χ2v) is 6.04. The van der Waals surface area contributed by atoms with Crippen molar-refractivity contribution >= 4 is 12.1 Å². The molecule has 0 amide bonds. The molecule has 4 atom stereocenters. The van der Waals surface area contributed by atoms with Crippen LogP contribution < -0.4 is 0 Å². The molecule has 2 fully saturated rings. The van der Waals surface area contributed by atoms with Gasteiger partial charge in [0.05, 0.1) is 0 Å². The number of carbonyl (C=O) groups is 2. The number of ether oxygens (including phenoxy) is 4. The first kappa shape index (κ1) is 15.1. The molecule has 0 radical (unpaired) electrons. The topological polar surface area (TPSA) is 71.1 Å². The number of hydrogen-bond acceptors (Lipinski definition) is 6. The van der Waals surface area contributed by atoms with Crippen molar-refractivity contribution in [3.8, 4) is 0 Å². The highest BCUT2D eigenvalue weighted by Gasteiger charge is 2.52. The largest absolute Gasteiger partial charge is 0.509 e. The molecule has 0 spiro atoms. The Morgan fingerprint density at radius 3 is 2.60 bits per heavy atom. The van der Waals surface area contributed by atoms with Crippen molar-refractivity contribution in [2.75, 3.05) is 13.7 Å². The van der Waals surface area contributed by atoms with Gasteiger partial charge >= 0.3 is 12.1 Å². The molecule has 1 saturated heterocycles. The molecule has 0 aromatic heterocycles. The van der Waals surface area contributed by atoms with E-state index in [4.69, 9.17) is 18.9 Å². The zero-order valence-electron chi connectivity index (χ0n) is 12.4. The van der Waals surface area contributed by atoms with Crippen LogP contribution in [0.15, 0.2) is 0 Å². The van der Waals surface area contributed by atoms with Gasteiger partial charge in [-0.25, -0.2) is 4.79 Å². The minimum absolute atomic E-state index is 0.0847. The number of hydrogen-bond donors (Lipinski definition) is 0. The number of carbonyl (C=O) groups excluding carboxylic acids is 2. The van der Waals surface area contributed by atoms with Crippen LogP contribution in [0, 0.1) is 5.92 Å². The Labute approximate surface area is 118 Å². The number of cyclic esters (lactones) is 2. The lowest BCUT2D eigenvalue weighted by Crippen LogP contribution is -2.52. The van der Waals surface area contributed by atoms with E-state index in [9.17, 15) is 9.59 Å². The van der Waals surface area contributed by atoms with Gasteiger partial charge in [-0.1, -0.05) is 0 Å². The van der Waals surface area contributed by atoms with Gasteiger partial charge in [0, 0.05) is 20.0 Å². The summed E-state index contributed by atoms with van der Waals surface area (Å²) in [5, 5.41) is 0. The third-order valence-corrected chi connectivity index (χ3v) is 4.60. The summed E-state index contributed by atoms with van der Waals surface area (Å²) in [5.74, 6) is -0.245. The fourth-order valence-corrected chi connectivity index (χ4v) is 3.06. The van der Waals surface area contributed by atoms with E-state index >= 15 is 0 Å². The highest BCUT2D eigenvalue weighted by molar-refractivity contribution is 5.66. The predicted octanol–water partition coefficient (Wildman–Crippen LogP) is 2.05. The van der Waals surface area contributed by atoms with E-state index in [1.165, 1.54) is 6.92 Å². The Kier molecular flexibility index (Phi) is 3.95. The Hall–Kier alpha value is -1.30. The van der Waals surface area contributed by atoms with Crippen molar-refractivity contribution in [2.45, 2.75) is 57.3 Å². The molecule has 1 aliphatic heterocycles. The molecule has 1 aliphatic carbocycles. The summed E-state index contributed by atoms with van der Waals surface area (Å²) in [6, 6.07) is 0. The third-order valence-electron chi connectivity index (χ3n) is 4.60. The van der Waals surface area contributed by atoms with Gasteiger partial charge in [0.25, 0.3) is 0 Å². The minimum Gasteiger partial charge on any atom is -0.459 e. The lowest BCUT2D eigenvalue weighted by atomic mass is 9.71. The predicted molar refractivity (Wildman–Crippen MR) is 69.1 cm³/mol. The third kappa shape index (κ3) is 2.75. The molecule has 1 saturated carbocycles. The number of rotatable bonds is 3. The lowest BCUT2D eigenvalue weighted by molar-refractivity contribution is -0.181. The van der Waals surface area contributed by atoms with Crippen molar-refractivity contribution < 1.29 is 28.5 Å². The average molecular weight is 286 g/mol. The summed E-state index contributed by atoms with van der Waals surface area (Å²) in [4.78, 5) is 22.5. The van der Waals surface area contributed by atoms with Crippen LogP contribution in [0.3, 0.4) is 0 Å². The molecule has 0 aromatic rings. The van der Waals surface area contributed by atoms with E-state index in [0.717, 1.165) is 12.8 Å². The zero-order valence-corrected chi connectivity index (χ0v) is 12.4. The fraction of sp³-hybridized carbons (Fsp3) is 0.857. The lowest BCUT2D eigenvalue weighted by Gasteiger charge is -2.45. The summed E-state index contributed by atoms with van der Waals surface area (Å²) in [7, 11) is 1.62. The van der Waals surface area contributed by atoms with Crippen LogP contribution in [0.5, 0.6) is 0 Å². The van der Waals surface area contributed by atoms with Gasteiger partial charge in [-0.05, 0) is 33.1 Å². The maximum Gasteiger partial charge on any atom is 0.509 e. The first-order chi connectivity index (χ1) is 9.29. The second-order valence-electron chi connectivity index (χ2n) is 6.04. The molecular formula is C14H22O6. The number of esters is 1. The summed E-state index contributed by atoms with van der Waals surface area (Å²) in [6.45, 7) is 5.44. The van der Waals surface area contributed by atoms with Crippen LogP contribution in [-0.2, 0) is 23.7 Å². The van der Waals surface area contributed by atoms with Crippen molar-refractivity contribution in [1.82, 2.24) is 0 Å². The normalized spacial score (nSPS) is 40.9. The van der Waals surface area contributed by atoms with Crippen molar-refractivity contribution in [3.05, 3.63) is 0 Å². The highest BCUT2D eigenvalue weighted by Crippen LogP contribution is 2.43. The Morgan fingerprint density at radius 1 is 1.40 bits per heavy atom. The first-order valence-electron chi connectivity index (χ1n) is 6.87. The molecule has 1 heterocycles. The van der Waals surface area contributed by atoms with Crippen LogP contribution in [0.25, 0.3) is 0 Å². The smallest absolute Gasteiger partial charge is 0.459 e. The molecule has 2 rings (SSSR count). The first-order valence-corrected chi connectivity index (χ1v) is 6.87. The van der Waals surface area contributed by atoms with Crippen LogP contribution in [0.4, 0.5) is 4.79 Å². The van der Waals surface area contributed by atoms with Crippen LogP contribution in [0.2, 0.25) is 0 Å². The zero-order chi connectivity index (χ0) is 15.0. The Morgan fingerprint density at radius 2 is 2.10 bits per heavy atom. The van der Waals surface area contributed by atoms with Crippen molar-refractivity contribution in [3.63, 3.8) is 0 Å². The van der Waals surface area contributed by atoms with Gasteiger partial charge in [-0.15, -0.1) is 0 Å². The molecule has 6 nitrogen and oxygen atoms in total. The highest BCUT2D eigenvalue weighted by atomic mass is 16.8.